The molecular formula is C15H27NO2. The molecule has 0 aromatic rings. The number of likely N-dealkylation sites (tertiary alicyclic amines) is 1. The monoisotopic (exact) mass is 253 g/mol. The molecule has 18 heavy (non-hydrogen) atoms. The van der Waals surface area contributed by atoms with Gasteiger partial charge in [-0.15, -0.1) is 0 Å². The molecule has 0 spiro atoms. The maximum atomic E-state index is 11.4. The van der Waals surface area contributed by atoms with E-state index in [1.165, 1.54) is 32.1 Å². The summed E-state index contributed by atoms with van der Waals surface area (Å²) in [6.45, 7) is 5.44. The normalized spacial score (nSPS) is 38.6. The summed E-state index contributed by atoms with van der Waals surface area (Å²) in [6.07, 6.45) is 8.28. The van der Waals surface area contributed by atoms with E-state index in [4.69, 9.17) is 0 Å². The number of carboxylic acid groups (broad SMARTS) is 1. The second kappa shape index (κ2) is 6.05. The lowest BCUT2D eigenvalue weighted by Gasteiger charge is -2.43. The largest absolute Gasteiger partial charge is 0.480 e. The Morgan fingerprint density at radius 2 is 1.89 bits per heavy atom. The average Bonchev–Trinajstić information content (AvgIpc) is 2.39. The Balaban J connectivity index is 1.96. The van der Waals surface area contributed by atoms with Crippen molar-refractivity contribution in [3.05, 3.63) is 0 Å². The van der Waals surface area contributed by atoms with Crippen LogP contribution in [0.15, 0.2) is 0 Å². The van der Waals surface area contributed by atoms with E-state index in [1.807, 2.05) is 0 Å². The minimum atomic E-state index is -0.612. The zero-order chi connectivity index (χ0) is 13.1. The molecule has 1 saturated heterocycles. The lowest BCUT2D eigenvalue weighted by Crippen LogP contribution is -2.52. The van der Waals surface area contributed by atoms with E-state index in [1.54, 1.807) is 0 Å². The van der Waals surface area contributed by atoms with Crippen LogP contribution in [0, 0.1) is 11.8 Å². The van der Waals surface area contributed by atoms with Crippen molar-refractivity contribution in [3.8, 4) is 0 Å². The predicted octanol–water partition coefficient (Wildman–Crippen LogP) is 3.14. The van der Waals surface area contributed by atoms with Gasteiger partial charge < -0.3 is 5.11 Å². The van der Waals surface area contributed by atoms with Gasteiger partial charge in [0.25, 0.3) is 0 Å². The van der Waals surface area contributed by atoms with Gasteiger partial charge in [-0.25, -0.2) is 0 Å². The fraction of sp³-hybridized carbons (Fsp3) is 0.933. The Morgan fingerprint density at radius 1 is 1.22 bits per heavy atom. The summed E-state index contributed by atoms with van der Waals surface area (Å²) in [4.78, 5) is 13.7. The number of carbonyl (C=O) groups is 1. The summed E-state index contributed by atoms with van der Waals surface area (Å²) in [5.41, 5.74) is 0. The van der Waals surface area contributed by atoms with Crippen molar-refractivity contribution in [2.75, 3.05) is 6.54 Å². The van der Waals surface area contributed by atoms with Crippen molar-refractivity contribution < 1.29 is 9.90 Å². The summed E-state index contributed by atoms with van der Waals surface area (Å²) in [5, 5.41) is 9.41. The van der Waals surface area contributed by atoms with Gasteiger partial charge in [-0.1, -0.05) is 20.3 Å². The Morgan fingerprint density at radius 3 is 2.44 bits per heavy atom. The Bertz CT molecular complexity index is 284. The molecule has 3 heteroatoms. The van der Waals surface area contributed by atoms with E-state index in [-0.39, 0.29) is 6.04 Å². The van der Waals surface area contributed by atoms with Crippen LogP contribution in [0.3, 0.4) is 0 Å². The molecule has 1 N–H and O–H groups in total. The van der Waals surface area contributed by atoms with Gasteiger partial charge in [0, 0.05) is 6.04 Å². The third-order valence-electron chi connectivity index (χ3n) is 5.05. The number of nitrogens with zero attached hydrogens (tertiary/aromatic N) is 1. The zero-order valence-electron chi connectivity index (χ0n) is 11.8. The van der Waals surface area contributed by atoms with Crippen molar-refractivity contribution in [1.82, 2.24) is 4.90 Å². The molecule has 2 atom stereocenters. The molecule has 0 amide bonds. The topological polar surface area (TPSA) is 40.5 Å². The molecule has 3 nitrogen and oxygen atoms in total. The standard InChI is InChI=1S/C15H27NO2/c1-3-12-4-6-13(7-5-12)16-9-8-11(2)10-14(16)15(17)18/h11-14H,3-10H2,1-2H3,(H,17,18). The molecule has 1 aliphatic heterocycles. The van der Waals surface area contributed by atoms with Crippen molar-refractivity contribution in [2.45, 2.75) is 70.9 Å². The highest BCUT2D eigenvalue weighted by atomic mass is 16.4. The summed E-state index contributed by atoms with van der Waals surface area (Å²) < 4.78 is 0. The van der Waals surface area contributed by atoms with Crippen molar-refractivity contribution >= 4 is 5.97 Å². The maximum absolute atomic E-state index is 11.4. The summed E-state index contributed by atoms with van der Waals surface area (Å²) in [7, 11) is 0. The van der Waals surface area contributed by atoms with E-state index >= 15 is 0 Å². The first-order valence-corrected chi connectivity index (χ1v) is 7.60. The van der Waals surface area contributed by atoms with Crippen molar-refractivity contribution in [2.24, 2.45) is 11.8 Å². The molecule has 0 bridgehead atoms. The van der Waals surface area contributed by atoms with Gasteiger partial charge in [-0.2, -0.15) is 0 Å². The van der Waals surface area contributed by atoms with Gasteiger partial charge in [0.15, 0.2) is 0 Å². The van der Waals surface area contributed by atoms with Crippen molar-refractivity contribution in [3.63, 3.8) is 0 Å². The number of hydrogen-bond donors (Lipinski definition) is 1. The molecule has 104 valence electrons. The van der Waals surface area contributed by atoms with Crippen LogP contribution in [0.2, 0.25) is 0 Å². The van der Waals surface area contributed by atoms with Gasteiger partial charge in [0.2, 0.25) is 0 Å². The molecule has 2 aliphatic rings. The van der Waals surface area contributed by atoms with Crippen LogP contribution in [0.1, 0.15) is 58.8 Å². The van der Waals surface area contributed by atoms with Gasteiger partial charge in [0.1, 0.15) is 6.04 Å². The summed E-state index contributed by atoms with van der Waals surface area (Å²) >= 11 is 0. The average molecular weight is 253 g/mol. The first-order chi connectivity index (χ1) is 8.61. The molecule has 0 aromatic heterocycles. The van der Waals surface area contributed by atoms with E-state index in [9.17, 15) is 9.90 Å². The molecule has 1 saturated carbocycles. The van der Waals surface area contributed by atoms with Crippen LogP contribution in [0.4, 0.5) is 0 Å². The second-order valence-corrected chi connectivity index (χ2v) is 6.30. The highest BCUT2D eigenvalue weighted by Crippen LogP contribution is 2.33. The summed E-state index contributed by atoms with van der Waals surface area (Å²) in [6, 6.07) is 0.304. The fourth-order valence-corrected chi connectivity index (χ4v) is 3.72. The van der Waals surface area contributed by atoms with Crippen LogP contribution < -0.4 is 0 Å². The van der Waals surface area contributed by atoms with Crippen LogP contribution in [-0.2, 0) is 4.79 Å². The summed E-state index contributed by atoms with van der Waals surface area (Å²) in [5.74, 6) is 0.835. The number of rotatable bonds is 3. The lowest BCUT2D eigenvalue weighted by molar-refractivity contribution is -0.147. The molecular weight excluding hydrogens is 226 g/mol. The first-order valence-electron chi connectivity index (χ1n) is 7.60. The third kappa shape index (κ3) is 3.05. The lowest BCUT2D eigenvalue weighted by atomic mass is 9.81. The molecule has 2 unspecified atom stereocenters. The number of carboxylic acids is 1. The molecule has 2 fully saturated rings. The highest BCUT2D eigenvalue weighted by Gasteiger charge is 2.37. The molecule has 0 radical (unpaired) electrons. The van der Waals surface area contributed by atoms with Crippen LogP contribution >= 0.6 is 0 Å². The fourth-order valence-electron chi connectivity index (χ4n) is 3.72. The van der Waals surface area contributed by atoms with E-state index in [2.05, 4.69) is 18.7 Å². The zero-order valence-corrected chi connectivity index (χ0v) is 11.8. The van der Waals surface area contributed by atoms with Crippen LogP contribution in [0.25, 0.3) is 0 Å². The van der Waals surface area contributed by atoms with E-state index in [0.717, 1.165) is 25.3 Å². The molecule has 1 heterocycles. The smallest absolute Gasteiger partial charge is 0.320 e. The first kappa shape index (κ1) is 13.9. The maximum Gasteiger partial charge on any atom is 0.320 e. The number of hydrogen-bond acceptors (Lipinski definition) is 2. The number of piperidine rings is 1. The van der Waals surface area contributed by atoms with Crippen LogP contribution in [0.5, 0.6) is 0 Å². The minimum absolute atomic E-state index is 0.225. The molecule has 2 rings (SSSR count). The Hall–Kier alpha value is -0.570. The molecule has 0 aromatic carbocycles. The van der Waals surface area contributed by atoms with E-state index < -0.39 is 5.97 Å². The van der Waals surface area contributed by atoms with Crippen molar-refractivity contribution in [1.29, 1.82) is 0 Å². The van der Waals surface area contributed by atoms with E-state index in [0.29, 0.717) is 12.0 Å². The predicted molar refractivity (Wildman–Crippen MR) is 72.6 cm³/mol. The quantitative estimate of drug-likeness (QED) is 0.840. The minimum Gasteiger partial charge on any atom is -0.480 e. The van der Waals surface area contributed by atoms with Gasteiger partial charge in [0.05, 0.1) is 0 Å². The van der Waals surface area contributed by atoms with Gasteiger partial charge in [-0.3, -0.25) is 9.69 Å². The highest BCUT2D eigenvalue weighted by molar-refractivity contribution is 5.73. The van der Waals surface area contributed by atoms with Crippen LogP contribution in [-0.4, -0.2) is 34.6 Å². The second-order valence-electron chi connectivity index (χ2n) is 6.30. The SMILES string of the molecule is CCC1CCC(N2CCC(C)CC2C(=O)O)CC1. The van der Waals surface area contributed by atoms with Gasteiger partial charge in [-0.05, 0) is 56.9 Å². The Kier molecular flexibility index (Phi) is 4.66. The number of aliphatic carboxylic acids is 1. The van der Waals surface area contributed by atoms with Gasteiger partial charge >= 0.3 is 5.97 Å². The third-order valence-corrected chi connectivity index (χ3v) is 5.05. The Labute approximate surface area is 111 Å². The molecule has 1 aliphatic carbocycles.